The number of pyridine rings is 1. The number of aromatic nitrogens is 1. The van der Waals surface area contributed by atoms with Gasteiger partial charge in [0.05, 0.1) is 17.2 Å². The number of benzene rings is 1. The lowest BCUT2D eigenvalue weighted by atomic mass is 10.2. The number of nitrogens with zero attached hydrogens (tertiary/aromatic N) is 1. The predicted molar refractivity (Wildman–Crippen MR) is 112 cm³/mol. The highest BCUT2D eigenvalue weighted by atomic mass is 35.5. The number of nitrogens with one attached hydrogen (secondary N) is 1. The molecule has 0 saturated heterocycles. The van der Waals surface area contributed by atoms with E-state index in [9.17, 15) is 13.2 Å². The first-order valence-electron chi connectivity index (χ1n) is 7.69. The summed E-state index contributed by atoms with van der Waals surface area (Å²) in [6.45, 7) is 0. The fourth-order valence-electron chi connectivity index (χ4n) is 2.17. The minimum atomic E-state index is -4.05. The average Bonchev–Trinajstić information content (AvgIpc) is 3.03. The molecule has 0 unspecified atom stereocenters. The Kier molecular flexibility index (Phi) is 6.55. The molecule has 2 heterocycles. The molecule has 0 fully saturated rings. The molecule has 1 N–H and O–H groups in total. The maximum absolute atomic E-state index is 12.7. The van der Waals surface area contributed by atoms with Crippen LogP contribution in [0.3, 0.4) is 0 Å². The van der Waals surface area contributed by atoms with E-state index < -0.39 is 16.0 Å². The lowest BCUT2D eigenvalue weighted by molar-refractivity contribution is 0.0598. The Hall–Kier alpha value is -2.04. The largest absolute Gasteiger partial charge is 0.465 e. The molecule has 2 aromatic heterocycles. The van der Waals surface area contributed by atoms with Crippen molar-refractivity contribution in [2.45, 2.75) is 4.21 Å². The van der Waals surface area contributed by atoms with Crippen molar-refractivity contribution in [2.24, 2.45) is 0 Å². The number of hydrogen-bond acceptors (Lipinski definition) is 7. The van der Waals surface area contributed by atoms with Crippen LogP contribution in [0.2, 0.25) is 14.4 Å². The topological polar surface area (TPSA) is 94.6 Å². The van der Waals surface area contributed by atoms with Gasteiger partial charge in [-0.2, -0.15) is 0 Å². The number of carbonyl (C=O) groups is 1. The molecule has 29 heavy (non-hydrogen) atoms. The molecule has 0 aliphatic rings. The highest BCUT2D eigenvalue weighted by molar-refractivity contribution is 7.94. The van der Waals surface area contributed by atoms with Crippen LogP contribution in [0.1, 0.15) is 10.4 Å². The van der Waals surface area contributed by atoms with Gasteiger partial charge in [-0.25, -0.2) is 18.2 Å². The van der Waals surface area contributed by atoms with Crippen LogP contribution in [0.25, 0.3) is 0 Å². The third kappa shape index (κ3) is 4.93. The number of para-hydroxylation sites is 1. The first kappa shape index (κ1) is 21.7. The van der Waals surface area contributed by atoms with Crippen LogP contribution in [0.15, 0.2) is 46.8 Å². The molecule has 0 bridgehead atoms. The highest BCUT2D eigenvalue weighted by Crippen LogP contribution is 2.37. The number of anilines is 1. The summed E-state index contributed by atoms with van der Waals surface area (Å²) in [4.78, 5) is 16.0. The first-order valence-corrected chi connectivity index (χ1v) is 11.1. The number of ether oxygens (including phenoxy) is 2. The molecule has 0 amide bonds. The maximum atomic E-state index is 12.7. The van der Waals surface area contributed by atoms with E-state index in [4.69, 9.17) is 44.3 Å². The van der Waals surface area contributed by atoms with Crippen LogP contribution in [0.5, 0.6) is 11.6 Å². The predicted octanol–water partition coefficient (Wildman–Crippen LogP) is 5.48. The second kappa shape index (κ2) is 8.76. The summed E-state index contributed by atoms with van der Waals surface area (Å²) >= 11 is 18.5. The minimum Gasteiger partial charge on any atom is -0.465 e. The van der Waals surface area contributed by atoms with Gasteiger partial charge in [0.15, 0.2) is 0 Å². The Bertz CT molecular complexity index is 1160. The van der Waals surface area contributed by atoms with E-state index >= 15 is 0 Å². The molecule has 1 aromatic carbocycles. The summed E-state index contributed by atoms with van der Waals surface area (Å²) in [6, 6.07) is 8.82. The van der Waals surface area contributed by atoms with Crippen LogP contribution in [0.4, 0.5) is 5.69 Å². The van der Waals surface area contributed by atoms with E-state index in [2.05, 4.69) is 9.71 Å². The van der Waals surface area contributed by atoms with Crippen molar-refractivity contribution in [3.8, 4) is 11.6 Å². The Morgan fingerprint density at radius 1 is 1.17 bits per heavy atom. The van der Waals surface area contributed by atoms with Gasteiger partial charge in [-0.3, -0.25) is 4.72 Å². The number of esters is 1. The lowest BCUT2D eigenvalue weighted by Crippen LogP contribution is -2.13. The zero-order chi connectivity index (χ0) is 21.2. The average molecular weight is 494 g/mol. The Labute approximate surface area is 185 Å². The molecule has 0 spiro atoms. The number of hydrogen-bond donors (Lipinski definition) is 1. The van der Waals surface area contributed by atoms with Crippen LogP contribution < -0.4 is 9.46 Å². The summed E-state index contributed by atoms with van der Waals surface area (Å²) in [5, 5.41) is 0.281. The molecule has 7 nitrogen and oxygen atoms in total. The van der Waals surface area contributed by atoms with E-state index in [0.29, 0.717) is 0 Å². The number of thiophene rings is 1. The Balaban J connectivity index is 1.98. The quantitative estimate of drug-likeness (QED) is 0.457. The molecule has 0 saturated carbocycles. The van der Waals surface area contributed by atoms with E-state index in [-0.39, 0.29) is 41.5 Å². The molecule has 3 rings (SSSR count). The number of methoxy groups -OCH3 is 1. The van der Waals surface area contributed by atoms with E-state index in [1.54, 1.807) is 12.1 Å². The monoisotopic (exact) mass is 492 g/mol. The van der Waals surface area contributed by atoms with E-state index in [1.807, 2.05) is 0 Å². The minimum absolute atomic E-state index is 0.0437. The molecule has 0 aliphatic heterocycles. The van der Waals surface area contributed by atoms with Crippen molar-refractivity contribution in [3.63, 3.8) is 0 Å². The van der Waals surface area contributed by atoms with Gasteiger partial charge < -0.3 is 9.47 Å². The molecular formula is C17H11Cl3N2O5S2. The van der Waals surface area contributed by atoms with Crippen molar-refractivity contribution in [3.05, 3.63) is 62.5 Å². The van der Waals surface area contributed by atoms with Gasteiger partial charge in [-0.15, -0.1) is 11.3 Å². The second-order valence-electron chi connectivity index (χ2n) is 5.39. The highest BCUT2D eigenvalue weighted by Gasteiger charge is 2.23. The third-order valence-electron chi connectivity index (χ3n) is 3.45. The SMILES string of the molecule is COC(=O)c1ccccc1Oc1ncc(Cl)cc1NS(=O)(=O)c1cc(Cl)c(Cl)s1. The molecule has 12 heteroatoms. The maximum Gasteiger partial charge on any atom is 0.341 e. The molecular weight excluding hydrogens is 483 g/mol. The lowest BCUT2D eigenvalue weighted by Gasteiger charge is -2.13. The van der Waals surface area contributed by atoms with E-state index in [0.717, 1.165) is 11.3 Å². The summed E-state index contributed by atoms with van der Waals surface area (Å²) in [6.07, 6.45) is 1.27. The van der Waals surface area contributed by atoms with Gasteiger partial charge in [-0.1, -0.05) is 46.9 Å². The van der Waals surface area contributed by atoms with Crippen molar-refractivity contribution < 1.29 is 22.7 Å². The van der Waals surface area contributed by atoms with Crippen LogP contribution >= 0.6 is 46.1 Å². The van der Waals surface area contributed by atoms with Crippen LogP contribution in [0, 0.1) is 0 Å². The Morgan fingerprint density at radius 3 is 2.55 bits per heavy atom. The number of halogens is 3. The van der Waals surface area contributed by atoms with E-state index in [1.165, 1.54) is 37.6 Å². The van der Waals surface area contributed by atoms with Gasteiger partial charge in [0.2, 0.25) is 5.88 Å². The molecule has 0 atom stereocenters. The molecule has 152 valence electrons. The van der Waals surface area contributed by atoms with Crippen molar-refractivity contribution in [2.75, 3.05) is 11.8 Å². The smallest absolute Gasteiger partial charge is 0.341 e. The first-order chi connectivity index (χ1) is 13.7. The third-order valence-corrected chi connectivity index (χ3v) is 7.36. The standard InChI is InChI=1S/C17H11Cl3N2O5S2/c1-26-17(23)10-4-2-3-5-13(10)27-16-12(6-9(18)8-21-16)22-29(24,25)14-7-11(19)15(20)28-14/h2-8,22H,1H3. The zero-order valence-corrected chi connectivity index (χ0v) is 18.4. The fourth-order valence-corrected chi connectivity index (χ4v) is 5.26. The number of rotatable bonds is 6. The zero-order valence-electron chi connectivity index (χ0n) is 14.5. The second-order valence-corrected chi connectivity index (χ2v) is 9.80. The summed E-state index contributed by atoms with van der Waals surface area (Å²) in [5.41, 5.74) is 0.0928. The van der Waals surface area contributed by atoms with Gasteiger partial charge in [0.1, 0.15) is 25.5 Å². The van der Waals surface area contributed by atoms with Gasteiger partial charge >= 0.3 is 5.97 Å². The number of sulfonamides is 1. The summed E-state index contributed by atoms with van der Waals surface area (Å²) in [7, 11) is -2.82. The van der Waals surface area contributed by atoms with Crippen molar-refractivity contribution in [1.82, 2.24) is 4.98 Å². The van der Waals surface area contributed by atoms with Gasteiger partial charge in [0.25, 0.3) is 10.0 Å². The normalized spacial score (nSPS) is 11.2. The fraction of sp³-hybridized carbons (Fsp3) is 0.0588. The van der Waals surface area contributed by atoms with Crippen molar-refractivity contribution in [1.29, 1.82) is 0 Å². The van der Waals surface area contributed by atoms with Crippen molar-refractivity contribution >= 4 is 67.8 Å². The van der Waals surface area contributed by atoms with Gasteiger partial charge in [-0.05, 0) is 24.3 Å². The number of carbonyl (C=O) groups excluding carboxylic acids is 1. The Morgan fingerprint density at radius 2 is 1.90 bits per heavy atom. The van der Waals surface area contributed by atoms with Gasteiger partial charge in [0, 0.05) is 6.20 Å². The molecule has 0 radical (unpaired) electrons. The van der Waals surface area contributed by atoms with Crippen LogP contribution in [-0.4, -0.2) is 26.5 Å². The molecule has 3 aromatic rings. The summed E-state index contributed by atoms with van der Waals surface area (Å²) < 4.78 is 38.2. The summed E-state index contributed by atoms with van der Waals surface area (Å²) in [5.74, 6) is -0.625. The van der Waals surface area contributed by atoms with Crippen LogP contribution in [-0.2, 0) is 14.8 Å². The molecule has 0 aliphatic carbocycles.